The van der Waals surface area contributed by atoms with Gasteiger partial charge in [-0.2, -0.15) is 0 Å². The number of anilines is 1. The molecule has 7 heteroatoms. The third-order valence-electron chi connectivity index (χ3n) is 7.97. The highest BCUT2D eigenvalue weighted by atomic mass is 32.2. The van der Waals surface area contributed by atoms with Gasteiger partial charge in [0, 0.05) is 42.6 Å². The van der Waals surface area contributed by atoms with Gasteiger partial charge >= 0.3 is 6.03 Å². The summed E-state index contributed by atoms with van der Waals surface area (Å²) in [5.41, 5.74) is 0.963. The zero-order chi connectivity index (χ0) is 23.2. The van der Waals surface area contributed by atoms with Crippen LogP contribution in [0.4, 0.5) is 10.5 Å². The molecule has 4 saturated carbocycles. The normalized spacial score (nSPS) is 28.1. The SMILES string of the molecule is CN(C)c1cccc2c(S(=O)(=O)CCCNC(=O)NC34CC5CC(CC(C5)C3)C4)cccc12. The molecule has 6 nitrogen and oxygen atoms in total. The Hall–Kier alpha value is -2.28. The number of nitrogens with one attached hydrogen (secondary N) is 2. The largest absolute Gasteiger partial charge is 0.377 e. The van der Waals surface area contributed by atoms with E-state index in [2.05, 4.69) is 10.6 Å². The van der Waals surface area contributed by atoms with Crippen molar-refractivity contribution in [3.63, 3.8) is 0 Å². The van der Waals surface area contributed by atoms with Crippen LogP contribution in [0.2, 0.25) is 0 Å². The predicted molar refractivity (Wildman–Crippen MR) is 132 cm³/mol. The first-order valence-electron chi connectivity index (χ1n) is 12.2. The topological polar surface area (TPSA) is 78.5 Å². The summed E-state index contributed by atoms with van der Waals surface area (Å²) < 4.78 is 26.3. The number of rotatable bonds is 7. The van der Waals surface area contributed by atoms with E-state index < -0.39 is 9.84 Å². The monoisotopic (exact) mass is 469 g/mol. The molecule has 0 aromatic heterocycles. The van der Waals surface area contributed by atoms with E-state index in [1.54, 1.807) is 12.1 Å². The zero-order valence-corrected chi connectivity index (χ0v) is 20.5. The molecular weight excluding hydrogens is 434 g/mol. The van der Waals surface area contributed by atoms with Crippen LogP contribution in [-0.4, -0.2) is 46.4 Å². The van der Waals surface area contributed by atoms with Crippen molar-refractivity contribution in [1.82, 2.24) is 10.6 Å². The lowest BCUT2D eigenvalue weighted by molar-refractivity contribution is -0.0135. The zero-order valence-electron chi connectivity index (χ0n) is 19.6. The summed E-state index contributed by atoms with van der Waals surface area (Å²) in [5, 5.41) is 7.89. The van der Waals surface area contributed by atoms with Crippen LogP contribution < -0.4 is 15.5 Å². The highest BCUT2D eigenvalue weighted by Gasteiger charge is 2.51. The highest BCUT2D eigenvalue weighted by Crippen LogP contribution is 2.55. The first kappa shape index (κ1) is 22.5. The molecule has 0 unspecified atom stereocenters. The van der Waals surface area contributed by atoms with Crippen molar-refractivity contribution in [1.29, 1.82) is 0 Å². The lowest BCUT2D eigenvalue weighted by Gasteiger charge is -2.56. The van der Waals surface area contributed by atoms with E-state index in [0.717, 1.165) is 53.5 Å². The van der Waals surface area contributed by atoms with Crippen LogP contribution in [0.1, 0.15) is 44.9 Å². The minimum Gasteiger partial charge on any atom is -0.377 e. The lowest BCUT2D eigenvalue weighted by Crippen LogP contribution is -2.61. The standard InChI is InChI=1S/C26H35N3O3S/c1-29(2)23-8-3-7-22-21(23)6-4-9-24(22)33(31,32)11-5-10-27-25(30)28-26-15-18-12-19(16-26)14-20(13-18)17-26/h3-4,6-9,18-20H,5,10-17H2,1-2H3,(H2,27,28,30). The Labute approximate surface area is 197 Å². The lowest BCUT2D eigenvalue weighted by atomic mass is 9.53. The van der Waals surface area contributed by atoms with Crippen molar-refractivity contribution in [2.24, 2.45) is 17.8 Å². The molecule has 33 heavy (non-hydrogen) atoms. The minimum atomic E-state index is -3.46. The molecular formula is C26H35N3O3S. The van der Waals surface area contributed by atoms with E-state index >= 15 is 0 Å². The van der Waals surface area contributed by atoms with Gasteiger partial charge in [0.05, 0.1) is 10.6 Å². The summed E-state index contributed by atoms with van der Waals surface area (Å²) in [6.07, 6.45) is 7.73. The van der Waals surface area contributed by atoms with Crippen molar-refractivity contribution >= 4 is 32.3 Å². The summed E-state index contributed by atoms with van der Waals surface area (Å²) in [6.45, 7) is 0.352. The number of carbonyl (C=O) groups is 1. The number of benzene rings is 2. The summed E-state index contributed by atoms with van der Waals surface area (Å²) in [4.78, 5) is 15.0. The van der Waals surface area contributed by atoms with Crippen LogP contribution >= 0.6 is 0 Å². The van der Waals surface area contributed by atoms with Gasteiger partial charge in [0.15, 0.2) is 9.84 Å². The van der Waals surface area contributed by atoms with Crippen molar-refractivity contribution in [2.45, 2.75) is 55.4 Å². The molecule has 0 radical (unpaired) electrons. The van der Waals surface area contributed by atoms with Crippen LogP contribution in [0.5, 0.6) is 0 Å². The number of fused-ring (bicyclic) bond motifs is 1. The molecule has 0 heterocycles. The fraction of sp³-hybridized carbons (Fsp3) is 0.577. The van der Waals surface area contributed by atoms with Crippen LogP contribution in [0.25, 0.3) is 10.8 Å². The first-order valence-corrected chi connectivity index (χ1v) is 13.9. The first-order chi connectivity index (χ1) is 15.7. The van der Waals surface area contributed by atoms with Gasteiger partial charge < -0.3 is 15.5 Å². The molecule has 178 valence electrons. The molecule has 4 fully saturated rings. The van der Waals surface area contributed by atoms with E-state index in [9.17, 15) is 13.2 Å². The van der Waals surface area contributed by atoms with Gasteiger partial charge in [-0.15, -0.1) is 0 Å². The third kappa shape index (κ3) is 4.44. The summed E-state index contributed by atoms with van der Waals surface area (Å²) >= 11 is 0. The summed E-state index contributed by atoms with van der Waals surface area (Å²) in [6, 6.07) is 11.1. The second kappa shape index (κ2) is 8.49. The number of sulfone groups is 1. The van der Waals surface area contributed by atoms with Crippen molar-refractivity contribution < 1.29 is 13.2 Å². The van der Waals surface area contributed by atoms with E-state index in [1.165, 1.54) is 19.3 Å². The maximum atomic E-state index is 13.1. The van der Waals surface area contributed by atoms with Gasteiger partial charge in [-0.05, 0) is 74.8 Å². The van der Waals surface area contributed by atoms with Crippen LogP contribution in [0.15, 0.2) is 41.3 Å². The quantitative estimate of drug-likeness (QED) is 0.592. The molecule has 0 atom stereocenters. The maximum absolute atomic E-state index is 13.1. The Bertz CT molecular complexity index is 1120. The Balaban J connectivity index is 1.18. The highest BCUT2D eigenvalue weighted by molar-refractivity contribution is 7.91. The summed E-state index contributed by atoms with van der Waals surface area (Å²) in [5.74, 6) is 2.33. The second-order valence-corrected chi connectivity index (χ2v) is 12.9. The fourth-order valence-corrected chi connectivity index (χ4v) is 8.59. The number of urea groups is 1. The molecule has 4 aliphatic rings. The van der Waals surface area contributed by atoms with Crippen LogP contribution in [-0.2, 0) is 9.84 Å². The van der Waals surface area contributed by atoms with E-state index in [-0.39, 0.29) is 17.3 Å². The fourth-order valence-electron chi connectivity index (χ4n) is 7.05. The number of carbonyl (C=O) groups excluding carboxylic acids is 1. The van der Waals surface area contributed by atoms with Gasteiger partial charge in [0.2, 0.25) is 0 Å². The minimum absolute atomic E-state index is 0.00987. The van der Waals surface area contributed by atoms with E-state index in [0.29, 0.717) is 17.9 Å². The van der Waals surface area contributed by atoms with E-state index in [1.807, 2.05) is 43.3 Å². The second-order valence-electron chi connectivity index (χ2n) is 10.8. The van der Waals surface area contributed by atoms with E-state index in [4.69, 9.17) is 0 Å². The molecule has 0 spiro atoms. The van der Waals surface area contributed by atoms with Gasteiger partial charge in [-0.25, -0.2) is 13.2 Å². The number of hydrogen-bond acceptors (Lipinski definition) is 4. The Kier molecular flexibility index (Phi) is 5.79. The third-order valence-corrected chi connectivity index (χ3v) is 9.82. The molecule has 2 amide bonds. The van der Waals surface area contributed by atoms with Crippen molar-refractivity contribution in [3.05, 3.63) is 36.4 Å². The maximum Gasteiger partial charge on any atom is 0.315 e. The molecule has 4 aliphatic carbocycles. The van der Waals surface area contributed by atoms with Crippen molar-refractivity contribution in [2.75, 3.05) is 31.3 Å². The molecule has 2 aromatic rings. The van der Waals surface area contributed by atoms with Gasteiger partial charge in [-0.1, -0.05) is 24.3 Å². The predicted octanol–water partition coefficient (Wildman–Crippen LogP) is 4.34. The smallest absolute Gasteiger partial charge is 0.315 e. The molecule has 0 saturated heterocycles. The Morgan fingerprint density at radius 1 is 0.970 bits per heavy atom. The Morgan fingerprint density at radius 2 is 1.58 bits per heavy atom. The number of hydrogen-bond donors (Lipinski definition) is 2. The summed E-state index contributed by atoms with van der Waals surface area (Å²) in [7, 11) is 0.448. The number of amides is 2. The molecule has 2 N–H and O–H groups in total. The average molecular weight is 470 g/mol. The van der Waals surface area contributed by atoms with Gasteiger partial charge in [0.25, 0.3) is 0 Å². The van der Waals surface area contributed by atoms with Crippen LogP contribution in [0, 0.1) is 17.8 Å². The van der Waals surface area contributed by atoms with Gasteiger partial charge in [0.1, 0.15) is 0 Å². The molecule has 6 rings (SSSR count). The molecule has 2 aromatic carbocycles. The van der Waals surface area contributed by atoms with Gasteiger partial charge in [-0.3, -0.25) is 0 Å². The Morgan fingerprint density at radius 3 is 2.21 bits per heavy atom. The average Bonchev–Trinajstić information content (AvgIpc) is 2.74. The molecule has 4 bridgehead atoms. The van der Waals surface area contributed by atoms with Crippen molar-refractivity contribution in [3.8, 4) is 0 Å². The number of nitrogens with zero attached hydrogens (tertiary/aromatic N) is 1. The molecule has 0 aliphatic heterocycles. The van der Waals surface area contributed by atoms with Crippen LogP contribution in [0.3, 0.4) is 0 Å².